The van der Waals surface area contributed by atoms with E-state index in [1.807, 2.05) is 31.2 Å². The number of carbonyl (C=O) groups is 2. The summed E-state index contributed by atoms with van der Waals surface area (Å²) in [6.45, 7) is 2.01. The van der Waals surface area contributed by atoms with E-state index in [9.17, 15) is 9.59 Å². The minimum absolute atomic E-state index is 0.329. The van der Waals surface area contributed by atoms with Crippen LogP contribution in [0.1, 0.15) is 31.8 Å². The number of imide groups is 1. The molecule has 0 aliphatic carbocycles. The SMILES string of the molecule is C#Cc1ccc2c(c1)C(=O)N(c1ccc(Oc3ccc(C)cc3)cc1)C2=O. The van der Waals surface area contributed by atoms with Crippen LogP contribution >= 0.6 is 0 Å². The highest BCUT2D eigenvalue weighted by atomic mass is 16.5. The van der Waals surface area contributed by atoms with Gasteiger partial charge in [0.2, 0.25) is 0 Å². The molecule has 0 aromatic heterocycles. The number of carbonyl (C=O) groups excluding carboxylic acids is 2. The van der Waals surface area contributed by atoms with E-state index in [2.05, 4.69) is 5.92 Å². The first-order valence-corrected chi connectivity index (χ1v) is 8.41. The van der Waals surface area contributed by atoms with E-state index in [-0.39, 0.29) is 11.8 Å². The third kappa shape index (κ3) is 2.96. The zero-order chi connectivity index (χ0) is 19.0. The Morgan fingerprint density at radius 3 is 2.04 bits per heavy atom. The van der Waals surface area contributed by atoms with Crippen molar-refractivity contribution in [3.63, 3.8) is 0 Å². The van der Waals surface area contributed by atoms with Crippen LogP contribution in [0.2, 0.25) is 0 Å². The molecule has 2 amide bonds. The molecule has 1 aliphatic rings. The number of hydrogen-bond acceptors (Lipinski definition) is 3. The van der Waals surface area contributed by atoms with Gasteiger partial charge < -0.3 is 4.74 Å². The number of ether oxygens (including phenoxy) is 1. The number of anilines is 1. The molecule has 0 fully saturated rings. The van der Waals surface area contributed by atoms with E-state index in [4.69, 9.17) is 11.2 Å². The zero-order valence-corrected chi connectivity index (χ0v) is 14.6. The highest BCUT2D eigenvalue weighted by Crippen LogP contribution is 2.31. The van der Waals surface area contributed by atoms with Crippen molar-refractivity contribution in [2.45, 2.75) is 6.92 Å². The summed E-state index contributed by atoms with van der Waals surface area (Å²) in [4.78, 5) is 26.5. The smallest absolute Gasteiger partial charge is 0.266 e. The summed E-state index contributed by atoms with van der Waals surface area (Å²) >= 11 is 0. The summed E-state index contributed by atoms with van der Waals surface area (Å²) in [7, 11) is 0. The number of terminal acetylenes is 1. The van der Waals surface area contributed by atoms with Gasteiger partial charge in [0, 0.05) is 5.56 Å². The van der Waals surface area contributed by atoms with Gasteiger partial charge in [0.15, 0.2) is 0 Å². The third-order valence-corrected chi connectivity index (χ3v) is 4.40. The van der Waals surface area contributed by atoms with Crippen molar-refractivity contribution in [1.82, 2.24) is 0 Å². The lowest BCUT2D eigenvalue weighted by Crippen LogP contribution is -2.29. The maximum absolute atomic E-state index is 12.7. The fourth-order valence-corrected chi connectivity index (χ4v) is 2.97. The van der Waals surface area contributed by atoms with Gasteiger partial charge in [-0.05, 0) is 61.5 Å². The van der Waals surface area contributed by atoms with Crippen molar-refractivity contribution in [1.29, 1.82) is 0 Å². The normalized spacial score (nSPS) is 12.7. The molecule has 0 atom stereocenters. The average Bonchev–Trinajstić information content (AvgIpc) is 2.94. The quantitative estimate of drug-likeness (QED) is 0.512. The fraction of sp³-hybridized carbons (Fsp3) is 0.0435. The van der Waals surface area contributed by atoms with Crippen molar-refractivity contribution in [3.05, 3.63) is 89.0 Å². The number of benzene rings is 3. The maximum atomic E-state index is 12.7. The van der Waals surface area contributed by atoms with Gasteiger partial charge in [0.05, 0.1) is 16.8 Å². The Morgan fingerprint density at radius 1 is 0.815 bits per heavy atom. The van der Waals surface area contributed by atoms with Gasteiger partial charge in [-0.15, -0.1) is 6.42 Å². The zero-order valence-electron chi connectivity index (χ0n) is 14.6. The van der Waals surface area contributed by atoms with Gasteiger partial charge in [-0.3, -0.25) is 9.59 Å². The van der Waals surface area contributed by atoms with E-state index >= 15 is 0 Å². The summed E-state index contributed by atoms with van der Waals surface area (Å²) < 4.78 is 5.79. The molecule has 0 unspecified atom stereocenters. The molecule has 130 valence electrons. The third-order valence-electron chi connectivity index (χ3n) is 4.40. The number of aryl methyl sites for hydroxylation is 1. The van der Waals surface area contributed by atoms with Crippen LogP contribution in [0, 0.1) is 19.3 Å². The summed E-state index contributed by atoms with van der Waals surface area (Å²) in [5, 5.41) is 0. The van der Waals surface area contributed by atoms with Crippen LogP contribution in [-0.2, 0) is 0 Å². The highest BCUT2D eigenvalue weighted by Gasteiger charge is 2.36. The van der Waals surface area contributed by atoms with E-state index in [0.29, 0.717) is 28.1 Å². The van der Waals surface area contributed by atoms with Crippen LogP contribution in [0.15, 0.2) is 66.7 Å². The minimum Gasteiger partial charge on any atom is -0.457 e. The molecular weight excluding hydrogens is 338 g/mol. The average molecular weight is 353 g/mol. The molecular formula is C23H15NO3. The summed E-state index contributed by atoms with van der Waals surface area (Å²) in [5.41, 5.74) is 2.89. The molecule has 0 saturated heterocycles. The molecule has 4 rings (SSSR count). The second-order valence-electron chi connectivity index (χ2n) is 6.26. The van der Waals surface area contributed by atoms with Crippen LogP contribution < -0.4 is 9.64 Å². The van der Waals surface area contributed by atoms with Crippen molar-refractivity contribution in [3.8, 4) is 23.8 Å². The fourth-order valence-electron chi connectivity index (χ4n) is 2.97. The van der Waals surface area contributed by atoms with Crippen LogP contribution in [0.4, 0.5) is 5.69 Å². The van der Waals surface area contributed by atoms with E-state index in [1.54, 1.807) is 42.5 Å². The first-order chi connectivity index (χ1) is 13.1. The minimum atomic E-state index is -0.376. The molecule has 0 bridgehead atoms. The Bertz CT molecular complexity index is 1090. The van der Waals surface area contributed by atoms with Gasteiger partial charge in [-0.25, -0.2) is 4.90 Å². The molecule has 0 spiro atoms. The van der Waals surface area contributed by atoms with Crippen molar-refractivity contribution in [2.75, 3.05) is 4.90 Å². The van der Waals surface area contributed by atoms with Gasteiger partial charge in [0.25, 0.3) is 11.8 Å². The Hall–Kier alpha value is -3.84. The molecule has 1 heterocycles. The van der Waals surface area contributed by atoms with Gasteiger partial charge in [0.1, 0.15) is 11.5 Å². The van der Waals surface area contributed by atoms with Crippen LogP contribution in [0.3, 0.4) is 0 Å². The summed E-state index contributed by atoms with van der Waals surface area (Å²) in [5.74, 6) is 3.09. The lowest BCUT2D eigenvalue weighted by Gasteiger charge is -2.14. The van der Waals surface area contributed by atoms with E-state index in [0.717, 1.165) is 16.2 Å². The lowest BCUT2D eigenvalue weighted by molar-refractivity contribution is 0.0926. The largest absolute Gasteiger partial charge is 0.457 e. The van der Waals surface area contributed by atoms with Crippen molar-refractivity contribution >= 4 is 17.5 Å². The topological polar surface area (TPSA) is 46.6 Å². The van der Waals surface area contributed by atoms with E-state index in [1.165, 1.54) is 0 Å². The molecule has 3 aromatic carbocycles. The summed E-state index contributed by atoms with van der Waals surface area (Å²) in [6.07, 6.45) is 5.38. The number of rotatable bonds is 3. The Balaban J connectivity index is 1.59. The molecule has 27 heavy (non-hydrogen) atoms. The van der Waals surface area contributed by atoms with Crippen LogP contribution in [-0.4, -0.2) is 11.8 Å². The molecule has 4 heteroatoms. The van der Waals surface area contributed by atoms with Crippen LogP contribution in [0.5, 0.6) is 11.5 Å². The molecule has 0 saturated carbocycles. The first-order valence-electron chi connectivity index (χ1n) is 8.41. The second-order valence-corrected chi connectivity index (χ2v) is 6.26. The number of hydrogen-bond donors (Lipinski definition) is 0. The number of nitrogens with zero attached hydrogens (tertiary/aromatic N) is 1. The number of amides is 2. The second kappa shape index (κ2) is 6.47. The maximum Gasteiger partial charge on any atom is 0.266 e. The van der Waals surface area contributed by atoms with Gasteiger partial charge in [-0.1, -0.05) is 23.6 Å². The molecule has 4 nitrogen and oxygen atoms in total. The van der Waals surface area contributed by atoms with Gasteiger partial charge in [-0.2, -0.15) is 0 Å². The number of fused-ring (bicyclic) bond motifs is 1. The standard InChI is InChI=1S/C23H15NO3/c1-3-16-6-13-20-21(14-16)23(26)24(22(20)25)17-7-11-19(12-8-17)27-18-9-4-15(2)5-10-18/h1,4-14H,2H3. The highest BCUT2D eigenvalue weighted by molar-refractivity contribution is 6.34. The van der Waals surface area contributed by atoms with E-state index < -0.39 is 0 Å². The van der Waals surface area contributed by atoms with Crippen molar-refractivity contribution in [2.24, 2.45) is 0 Å². The van der Waals surface area contributed by atoms with Crippen molar-refractivity contribution < 1.29 is 14.3 Å². The molecule has 0 N–H and O–H groups in total. The summed E-state index contributed by atoms with van der Waals surface area (Å²) in [6, 6.07) is 19.4. The predicted octanol–water partition coefficient (Wildman–Crippen LogP) is 4.57. The Kier molecular flexibility index (Phi) is 3.98. The first kappa shape index (κ1) is 16.6. The lowest BCUT2D eigenvalue weighted by atomic mass is 10.1. The Morgan fingerprint density at radius 2 is 1.41 bits per heavy atom. The van der Waals surface area contributed by atoms with Gasteiger partial charge >= 0.3 is 0 Å². The van der Waals surface area contributed by atoms with Crippen LogP contribution in [0.25, 0.3) is 0 Å². The monoisotopic (exact) mass is 353 g/mol. The molecule has 3 aromatic rings. The molecule has 1 aliphatic heterocycles. The molecule has 0 radical (unpaired) electrons. The predicted molar refractivity (Wildman–Crippen MR) is 103 cm³/mol. The Labute approximate surface area is 157 Å².